The van der Waals surface area contributed by atoms with Gasteiger partial charge in [0.25, 0.3) is 0 Å². The smallest absolute Gasteiger partial charge is 0.312 e. The molecule has 0 radical (unpaired) electrons. The molecule has 2 fully saturated rings. The van der Waals surface area contributed by atoms with Crippen LogP contribution in [0.4, 0.5) is 5.13 Å². The quantitative estimate of drug-likeness (QED) is 0.678. The molecule has 2 saturated heterocycles. The number of aryl methyl sites for hydroxylation is 1. The van der Waals surface area contributed by atoms with Crippen LogP contribution in [0, 0.1) is 6.92 Å². The van der Waals surface area contributed by atoms with Crippen molar-refractivity contribution in [1.82, 2.24) is 14.8 Å². The van der Waals surface area contributed by atoms with Crippen molar-refractivity contribution < 1.29 is 14.3 Å². The Morgan fingerprint density at radius 3 is 2.18 bits per heavy atom. The number of morpholine rings is 1. The molecule has 3 rings (SSSR count). The second-order valence-corrected chi connectivity index (χ2v) is 6.29. The van der Waals surface area contributed by atoms with Gasteiger partial charge in [0.2, 0.25) is 0 Å². The van der Waals surface area contributed by atoms with Gasteiger partial charge in [0.15, 0.2) is 5.13 Å². The third-order valence-corrected chi connectivity index (χ3v) is 4.94. The summed E-state index contributed by atoms with van der Waals surface area (Å²) in [5.41, 5.74) is 1.01. The second kappa shape index (κ2) is 6.62. The average Bonchev–Trinajstić information content (AvgIpc) is 3.01. The van der Waals surface area contributed by atoms with E-state index in [9.17, 15) is 9.59 Å². The Labute approximate surface area is 133 Å². The van der Waals surface area contributed by atoms with Crippen molar-refractivity contribution in [3.8, 4) is 0 Å². The van der Waals surface area contributed by atoms with Crippen molar-refractivity contribution in [2.75, 3.05) is 57.4 Å². The zero-order valence-electron chi connectivity index (χ0n) is 12.7. The lowest BCUT2D eigenvalue weighted by Crippen LogP contribution is -2.54. The van der Waals surface area contributed by atoms with E-state index >= 15 is 0 Å². The molecule has 0 N–H and O–H groups in total. The number of thiazole rings is 1. The minimum Gasteiger partial charge on any atom is -0.378 e. The molecule has 3 heterocycles. The van der Waals surface area contributed by atoms with Gasteiger partial charge in [-0.15, -0.1) is 11.3 Å². The Kier molecular flexibility index (Phi) is 4.58. The maximum atomic E-state index is 12.3. The largest absolute Gasteiger partial charge is 0.378 e. The van der Waals surface area contributed by atoms with Crippen molar-refractivity contribution in [3.05, 3.63) is 11.1 Å². The van der Waals surface area contributed by atoms with Crippen LogP contribution in [0.3, 0.4) is 0 Å². The van der Waals surface area contributed by atoms with Crippen LogP contribution in [0.5, 0.6) is 0 Å². The van der Waals surface area contributed by atoms with Crippen molar-refractivity contribution in [2.45, 2.75) is 6.92 Å². The Morgan fingerprint density at radius 1 is 1.05 bits per heavy atom. The van der Waals surface area contributed by atoms with Gasteiger partial charge in [-0.25, -0.2) is 4.98 Å². The number of anilines is 1. The van der Waals surface area contributed by atoms with E-state index in [4.69, 9.17) is 4.74 Å². The van der Waals surface area contributed by atoms with E-state index in [-0.39, 0.29) is 0 Å². The molecule has 7 nitrogen and oxygen atoms in total. The summed E-state index contributed by atoms with van der Waals surface area (Å²) in [5, 5.41) is 3.01. The highest BCUT2D eigenvalue weighted by atomic mass is 32.1. The second-order valence-electron chi connectivity index (χ2n) is 5.46. The predicted molar refractivity (Wildman–Crippen MR) is 83.0 cm³/mol. The number of nitrogens with zero attached hydrogens (tertiary/aromatic N) is 4. The first-order valence-corrected chi connectivity index (χ1v) is 8.36. The lowest BCUT2D eigenvalue weighted by atomic mass is 10.3. The topological polar surface area (TPSA) is 66.0 Å². The van der Waals surface area contributed by atoms with Crippen molar-refractivity contribution in [1.29, 1.82) is 0 Å². The monoisotopic (exact) mass is 324 g/mol. The summed E-state index contributed by atoms with van der Waals surface area (Å²) in [6.45, 7) is 6.56. The minimum atomic E-state index is -0.401. The van der Waals surface area contributed by atoms with Crippen LogP contribution in [0.1, 0.15) is 5.69 Å². The number of ether oxygens (including phenoxy) is 1. The van der Waals surface area contributed by atoms with Crippen LogP contribution in [-0.4, -0.2) is 79.1 Å². The highest BCUT2D eigenvalue weighted by Crippen LogP contribution is 2.21. The third kappa shape index (κ3) is 3.22. The molecule has 22 heavy (non-hydrogen) atoms. The first-order valence-electron chi connectivity index (χ1n) is 7.48. The molecule has 1 aromatic rings. The van der Waals surface area contributed by atoms with Crippen molar-refractivity contribution >= 4 is 28.3 Å². The van der Waals surface area contributed by atoms with E-state index in [0.29, 0.717) is 39.4 Å². The normalized spacial score (nSPS) is 19.4. The molecule has 0 saturated carbocycles. The number of amides is 2. The van der Waals surface area contributed by atoms with Gasteiger partial charge in [-0.3, -0.25) is 9.59 Å². The van der Waals surface area contributed by atoms with E-state index in [0.717, 1.165) is 23.9 Å². The van der Waals surface area contributed by atoms with Gasteiger partial charge < -0.3 is 19.4 Å². The number of carbonyl (C=O) groups excluding carboxylic acids is 2. The highest BCUT2D eigenvalue weighted by molar-refractivity contribution is 7.13. The van der Waals surface area contributed by atoms with Gasteiger partial charge in [-0.2, -0.15) is 0 Å². The summed E-state index contributed by atoms with van der Waals surface area (Å²) < 4.78 is 5.21. The lowest BCUT2D eigenvalue weighted by Gasteiger charge is -2.35. The number of carbonyl (C=O) groups is 2. The molecular weight excluding hydrogens is 304 g/mol. The molecule has 2 aliphatic heterocycles. The molecule has 2 amide bonds. The first-order chi connectivity index (χ1) is 10.6. The Hall–Kier alpha value is -1.67. The molecule has 0 bridgehead atoms. The highest BCUT2D eigenvalue weighted by Gasteiger charge is 2.30. The van der Waals surface area contributed by atoms with Gasteiger partial charge >= 0.3 is 11.8 Å². The minimum absolute atomic E-state index is 0.392. The van der Waals surface area contributed by atoms with Gasteiger partial charge in [-0.1, -0.05) is 0 Å². The molecule has 0 atom stereocenters. The molecule has 0 aliphatic carbocycles. The van der Waals surface area contributed by atoms with Crippen molar-refractivity contribution in [2.24, 2.45) is 0 Å². The fraction of sp³-hybridized carbons (Fsp3) is 0.643. The summed E-state index contributed by atoms with van der Waals surface area (Å²) >= 11 is 1.62. The van der Waals surface area contributed by atoms with E-state index in [1.54, 1.807) is 21.1 Å². The SMILES string of the molecule is Cc1csc(N2CCN(C(=O)C(=O)N3CCOCC3)CC2)n1. The summed E-state index contributed by atoms with van der Waals surface area (Å²) in [7, 11) is 0. The Bertz CT molecular complexity index is 548. The van der Waals surface area contributed by atoms with Crippen LogP contribution in [-0.2, 0) is 14.3 Å². The van der Waals surface area contributed by atoms with Crippen LogP contribution >= 0.6 is 11.3 Å². The van der Waals surface area contributed by atoms with Crippen LogP contribution in [0.25, 0.3) is 0 Å². The van der Waals surface area contributed by atoms with Gasteiger partial charge in [0.05, 0.1) is 18.9 Å². The number of hydrogen-bond donors (Lipinski definition) is 0. The Balaban J connectivity index is 1.54. The standard InChI is InChI=1S/C14H20N4O3S/c1-11-10-22-14(15-11)18-4-2-16(3-5-18)12(19)13(20)17-6-8-21-9-7-17/h10H,2-9H2,1H3. The van der Waals surface area contributed by atoms with Crippen molar-refractivity contribution in [3.63, 3.8) is 0 Å². The van der Waals surface area contributed by atoms with Crippen LogP contribution in [0.15, 0.2) is 5.38 Å². The number of rotatable bonds is 1. The summed E-state index contributed by atoms with van der Waals surface area (Å²) in [6.07, 6.45) is 0. The van der Waals surface area contributed by atoms with E-state index < -0.39 is 11.8 Å². The van der Waals surface area contributed by atoms with Crippen LogP contribution in [0.2, 0.25) is 0 Å². The van der Waals surface area contributed by atoms with Crippen LogP contribution < -0.4 is 4.90 Å². The van der Waals surface area contributed by atoms with E-state index in [1.807, 2.05) is 12.3 Å². The van der Waals surface area contributed by atoms with E-state index in [2.05, 4.69) is 9.88 Å². The molecule has 2 aliphatic rings. The molecule has 1 aromatic heterocycles. The molecule has 0 aromatic carbocycles. The number of aromatic nitrogens is 1. The molecule has 0 spiro atoms. The number of hydrogen-bond acceptors (Lipinski definition) is 6. The van der Waals surface area contributed by atoms with E-state index in [1.165, 1.54) is 0 Å². The third-order valence-electron chi connectivity index (χ3n) is 3.93. The summed E-state index contributed by atoms with van der Waals surface area (Å²) in [6, 6.07) is 0. The lowest BCUT2D eigenvalue weighted by molar-refractivity contribution is -0.154. The molecule has 120 valence electrons. The fourth-order valence-corrected chi connectivity index (χ4v) is 3.48. The molecule has 8 heteroatoms. The fourth-order valence-electron chi connectivity index (χ4n) is 2.62. The maximum Gasteiger partial charge on any atom is 0.312 e. The number of piperazine rings is 1. The van der Waals surface area contributed by atoms with Gasteiger partial charge in [0, 0.05) is 44.6 Å². The first kappa shape index (κ1) is 15.2. The predicted octanol–water partition coefficient (Wildman–Crippen LogP) is -0.0411. The van der Waals surface area contributed by atoms with Gasteiger partial charge in [-0.05, 0) is 6.92 Å². The summed E-state index contributed by atoms with van der Waals surface area (Å²) in [4.78, 5) is 34.4. The van der Waals surface area contributed by atoms with Gasteiger partial charge in [0.1, 0.15) is 0 Å². The zero-order valence-corrected chi connectivity index (χ0v) is 13.5. The Morgan fingerprint density at radius 2 is 1.64 bits per heavy atom. The summed E-state index contributed by atoms with van der Waals surface area (Å²) in [5.74, 6) is -0.793. The zero-order chi connectivity index (χ0) is 15.5. The molecule has 0 unspecified atom stereocenters. The maximum absolute atomic E-state index is 12.3. The molecular formula is C14H20N4O3S. The average molecular weight is 324 g/mol.